The molecule has 3 aromatic heterocycles. The van der Waals surface area contributed by atoms with Gasteiger partial charge in [-0.3, -0.25) is 14.4 Å². The van der Waals surface area contributed by atoms with E-state index in [4.69, 9.17) is 4.52 Å². The molecule has 0 aliphatic heterocycles. The topological polar surface area (TPSA) is 76.2 Å². The summed E-state index contributed by atoms with van der Waals surface area (Å²) in [5, 5.41) is 13.6. The van der Waals surface area contributed by atoms with Crippen LogP contribution in [0.25, 0.3) is 0 Å². The van der Waals surface area contributed by atoms with Gasteiger partial charge in [0.2, 0.25) is 0 Å². The number of aromatic nitrogens is 3. The maximum Gasteiger partial charge on any atom is 0.273 e. The van der Waals surface area contributed by atoms with Crippen LogP contribution in [0.4, 0.5) is 0 Å². The van der Waals surface area contributed by atoms with Gasteiger partial charge < -0.3 is 9.84 Å². The van der Waals surface area contributed by atoms with Crippen LogP contribution < -0.4 is 5.32 Å². The first-order valence-corrected chi connectivity index (χ1v) is 11.3. The SMILES string of the molecule is CCC(C)N(CCNC(=O)c1noc(C)c1Cn1nc(C)cc1C)Cc1cccs1. The van der Waals surface area contributed by atoms with Crippen LogP contribution in [-0.4, -0.2) is 44.9 Å². The Morgan fingerprint density at radius 2 is 2.17 bits per heavy atom. The van der Waals surface area contributed by atoms with Crippen molar-refractivity contribution >= 4 is 17.2 Å². The average molecular weight is 430 g/mol. The van der Waals surface area contributed by atoms with E-state index in [-0.39, 0.29) is 5.91 Å². The first-order chi connectivity index (χ1) is 14.4. The second kappa shape index (κ2) is 10.0. The number of nitrogens with zero attached hydrogens (tertiary/aromatic N) is 4. The molecule has 8 heteroatoms. The number of aryl methyl sites for hydroxylation is 3. The molecule has 30 heavy (non-hydrogen) atoms. The van der Waals surface area contributed by atoms with E-state index in [1.54, 1.807) is 11.3 Å². The Hall–Kier alpha value is -2.45. The molecule has 0 aliphatic rings. The van der Waals surface area contributed by atoms with Crippen molar-refractivity contribution in [2.75, 3.05) is 13.1 Å². The van der Waals surface area contributed by atoms with Gasteiger partial charge in [0.25, 0.3) is 5.91 Å². The van der Waals surface area contributed by atoms with Gasteiger partial charge in [-0.2, -0.15) is 5.10 Å². The molecule has 1 N–H and O–H groups in total. The van der Waals surface area contributed by atoms with Crippen LogP contribution in [-0.2, 0) is 13.1 Å². The van der Waals surface area contributed by atoms with Crippen LogP contribution >= 0.6 is 11.3 Å². The molecule has 0 fully saturated rings. The number of amides is 1. The van der Waals surface area contributed by atoms with Crippen molar-refractivity contribution in [2.45, 2.75) is 60.2 Å². The molecule has 0 spiro atoms. The molecule has 0 aliphatic carbocycles. The summed E-state index contributed by atoms with van der Waals surface area (Å²) >= 11 is 1.76. The predicted molar refractivity (Wildman–Crippen MR) is 119 cm³/mol. The Bertz CT molecular complexity index is 961. The maximum atomic E-state index is 12.8. The molecule has 0 saturated carbocycles. The molecule has 3 heterocycles. The van der Waals surface area contributed by atoms with Crippen LogP contribution in [0.3, 0.4) is 0 Å². The van der Waals surface area contributed by atoms with Gasteiger partial charge >= 0.3 is 0 Å². The first-order valence-electron chi connectivity index (χ1n) is 10.4. The Labute approximate surface area is 182 Å². The minimum absolute atomic E-state index is 0.205. The van der Waals surface area contributed by atoms with Crippen LogP contribution in [0.2, 0.25) is 0 Å². The van der Waals surface area contributed by atoms with Gasteiger partial charge in [0.15, 0.2) is 5.69 Å². The number of carbonyl (C=O) groups excluding carboxylic acids is 1. The van der Waals surface area contributed by atoms with Crippen molar-refractivity contribution in [1.82, 2.24) is 25.2 Å². The minimum Gasteiger partial charge on any atom is -0.361 e. The Morgan fingerprint density at radius 3 is 2.80 bits per heavy atom. The van der Waals surface area contributed by atoms with Gasteiger partial charge in [-0.1, -0.05) is 18.1 Å². The lowest BCUT2D eigenvalue weighted by Gasteiger charge is -2.28. The summed E-state index contributed by atoms with van der Waals surface area (Å²) in [6.07, 6.45) is 1.06. The fourth-order valence-corrected chi connectivity index (χ4v) is 4.18. The van der Waals surface area contributed by atoms with Crippen LogP contribution in [0, 0.1) is 20.8 Å². The molecule has 3 aromatic rings. The molecular weight excluding hydrogens is 398 g/mol. The molecule has 7 nitrogen and oxygen atoms in total. The van der Waals surface area contributed by atoms with E-state index in [9.17, 15) is 4.79 Å². The van der Waals surface area contributed by atoms with Gasteiger partial charge in [0.05, 0.1) is 12.2 Å². The fraction of sp³-hybridized carbons (Fsp3) is 0.500. The van der Waals surface area contributed by atoms with E-state index in [1.165, 1.54) is 4.88 Å². The lowest BCUT2D eigenvalue weighted by Crippen LogP contribution is -2.39. The standard InChI is InChI=1S/C22H31N5O2S/c1-6-16(3)26(13-19-8-7-11-30-19)10-9-23-22(28)21-20(18(5)29-25-21)14-27-17(4)12-15(2)24-27/h7-8,11-12,16H,6,9-10,13-14H2,1-5H3,(H,23,28). The van der Waals surface area contributed by atoms with Gasteiger partial charge in [0, 0.05) is 41.8 Å². The molecule has 0 aromatic carbocycles. The summed E-state index contributed by atoms with van der Waals surface area (Å²) in [5.41, 5.74) is 3.10. The highest BCUT2D eigenvalue weighted by Crippen LogP contribution is 2.17. The summed E-state index contributed by atoms with van der Waals surface area (Å²) < 4.78 is 7.20. The van der Waals surface area contributed by atoms with Gasteiger partial charge in [-0.15, -0.1) is 11.3 Å². The summed E-state index contributed by atoms with van der Waals surface area (Å²) in [4.78, 5) is 16.6. The summed E-state index contributed by atoms with van der Waals surface area (Å²) in [6.45, 7) is 12.9. The molecule has 1 amide bonds. The first kappa shape index (κ1) is 22.2. The van der Waals surface area contributed by atoms with E-state index < -0.39 is 0 Å². The van der Waals surface area contributed by atoms with Crippen LogP contribution in [0.5, 0.6) is 0 Å². The second-order valence-electron chi connectivity index (χ2n) is 7.71. The van der Waals surface area contributed by atoms with Crippen molar-refractivity contribution in [3.63, 3.8) is 0 Å². The third kappa shape index (κ3) is 5.37. The highest BCUT2D eigenvalue weighted by Gasteiger charge is 2.21. The number of thiophene rings is 1. The van der Waals surface area contributed by atoms with Crippen LogP contribution in [0.15, 0.2) is 28.1 Å². The van der Waals surface area contributed by atoms with E-state index in [0.717, 1.165) is 36.5 Å². The average Bonchev–Trinajstić information content (AvgIpc) is 3.43. The van der Waals surface area contributed by atoms with E-state index in [0.29, 0.717) is 30.6 Å². The number of carbonyl (C=O) groups is 1. The maximum absolute atomic E-state index is 12.8. The zero-order valence-corrected chi connectivity index (χ0v) is 19.3. The van der Waals surface area contributed by atoms with Crippen molar-refractivity contribution in [3.8, 4) is 0 Å². The van der Waals surface area contributed by atoms with Crippen molar-refractivity contribution in [1.29, 1.82) is 0 Å². The predicted octanol–water partition coefficient (Wildman–Crippen LogP) is 3.94. The highest BCUT2D eigenvalue weighted by molar-refractivity contribution is 7.09. The smallest absolute Gasteiger partial charge is 0.273 e. The summed E-state index contributed by atoms with van der Waals surface area (Å²) in [5.74, 6) is 0.440. The molecular formula is C22H31N5O2S. The minimum atomic E-state index is -0.205. The fourth-order valence-electron chi connectivity index (χ4n) is 3.45. The number of hydrogen-bond acceptors (Lipinski definition) is 6. The van der Waals surface area contributed by atoms with Gasteiger partial charge in [0.1, 0.15) is 5.76 Å². The molecule has 162 valence electrons. The van der Waals surface area contributed by atoms with Crippen molar-refractivity contribution in [3.05, 3.63) is 56.9 Å². The molecule has 0 bridgehead atoms. The molecule has 3 rings (SSSR count). The third-order valence-electron chi connectivity index (χ3n) is 5.45. The number of rotatable bonds is 10. The van der Waals surface area contributed by atoms with E-state index in [1.807, 2.05) is 31.5 Å². The monoisotopic (exact) mass is 429 g/mol. The molecule has 0 radical (unpaired) electrons. The Morgan fingerprint density at radius 1 is 1.37 bits per heavy atom. The molecule has 1 atom stereocenters. The van der Waals surface area contributed by atoms with Crippen molar-refractivity contribution < 1.29 is 9.32 Å². The lowest BCUT2D eigenvalue weighted by atomic mass is 10.1. The van der Waals surface area contributed by atoms with Crippen LogP contribution in [0.1, 0.15) is 58.3 Å². The Balaban J connectivity index is 1.62. The van der Waals surface area contributed by atoms with E-state index >= 15 is 0 Å². The normalized spacial score (nSPS) is 12.5. The quantitative estimate of drug-likeness (QED) is 0.528. The number of hydrogen-bond donors (Lipinski definition) is 1. The van der Waals surface area contributed by atoms with Gasteiger partial charge in [-0.05, 0) is 51.6 Å². The largest absolute Gasteiger partial charge is 0.361 e. The second-order valence-corrected chi connectivity index (χ2v) is 8.75. The van der Waals surface area contributed by atoms with E-state index in [2.05, 4.69) is 51.8 Å². The third-order valence-corrected chi connectivity index (χ3v) is 6.31. The van der Waals surface area contributed by atoms with Gasteiger partial charge in [-0.25, -0.2) is 0 Å². The highest BCUT2D eigenvalue weighted by atomic mass is 32.1. The molecule has 1 unspecified atom stereocenters. The molecule has 0 saturated heterocycles. The lowest BCUT2D eigenvalue weighted by molar-refractivity contribution is 0.0933. The summed E-state index contributed by atoms with van der Waals surface area (Å²) in [7, 11) is 0. The number of nitrogens with one attached hydrogen (secondary N) is 1. The zero-order valence-electron chi connectivity index (χ0n) is 18.4. The summed E-state index contributed by atoms with van der Waals surface area (Å²) in [6, 6.07) is 6.69. The Kier molecular flexibility index (Phi) is 7.44. The zero-order chi connectivity index (χ0) is 21.7. The van der Waals surface area contributed by atoms with Crippen molar-refractivity contribution in [2.24, 2.45) is 0 Å².